The van der Waals surface area contributed by atoms with Crippen LogP contribution in [0.15, 0.2) is 51.5 Å². The smallest absolute Gasteiger partial charge is 0.269 e. The van der Waals surface area contributed by atoms with Crippen molar-refractivity contribution < 1.29 is 14.1 Å². The molecule has 0 aliphatic carbocycles. The summed E-state index contributed by atoms with van der Waals surface area (Å²) < 4.78 is 6.44. The Morgan fingerprint density at radius 1 is 1.29 bits per heavy atom. The van der Waals surface area contributed by atoms with E-state index in [0.717, 1.165) is 27.5 Å². The molecule has 1 aromatic carbocycles. The van der Waals surface area contributed by atoms with Crippen LogP contribution in [0.3, 0.4) is 0 Å². The molecule has 1 aliphatic rings. The predicted octanol–water partition coefficient (Wildman–Crippen LogP) is 4.58. The lowest BCUT2D eigenvalue weighted by Gasteiger charge is -1.96. The lowest BCUT2D eigenvalue weighted by molar-refractivity contribution is -0.384. The van der Waals surface area contributed by atoms with Gasteiger partial charge in [-0.1, -0.05) is 18.7 Å². The van der Waals surface area contributed by atoms with Crippen molar-refractivity contribution in [2.45, 2.75) is 6.92 Å². The molecule has 0 fully saturated rings. The summed E-state index contributed by atoms with van der Waals surface area (Å²) in [7, 11) is 0. The molecule has 6 nitrogen and oxygen atoms in total. The van der Waals surface area contributed by atoms with E-state index in [9.17, 15) is 14.9 Å². The van der Waals surface area contributed by atoms with Gasteiger partial charge in [-0.05, 0) is 41.8 Å². The van der Waals surface area contributed by atoms with E-state index in [-0.39, 0.29) is 10.8 Å². The van der Waals surface area contributed by atoms with Crippen LogP contribution in [0, 0.1) is 10.1 Å². The van der Waals surface area contributed by atoms with Crippen LogP contribution < -0.4 is 0 Å². The first-order valence-corrected chi connectivity index (χ1v) is 8.87. The first-order valence-electron chi connectivity index (χ1n) is 7.07. The number of aliphatic imine (C=N–C) groups is 1. The van der Waals surface area contributed by atoms with Crippen LogP contribution in [-0.4, -0.2) is 20.2 Å². The molecule has 0 amide bonds. The van der Waals surface area contributed by atoms with E-state index in [1.54, 1.807) is 30.3 Å². The van der Waals surface area contributed by atoms with Gasteiger partial charge in [0.1, 0.15) is 21.6 Å². The number of nitrogens with zero attached hydrogens (tertiary/aromatic N) is 2. The maximum Gasteiger partial charge on any atom is 0.269 e. The third-order valence-corrected chi connectivity index (χ3v) is 5.03. The summed E-state index contributed by atoms with van der Waals surface area (Å²) in [6.07, 6.45) is 1.60. The number of nitro groups is 1. The molecule has 0 saturated carbocycles. The van der Waals surface area contributed by atoms with Crippen molar-refractivity contribution in [1.29, 1.82) is 0 Å². The fourth-order valence-corrected chi connectivity index (χ4v) is 3.78. The number of carbonyl (C=O) groups is 1. The maximum atomic E-state index is 11.9. The zero-order chi connectivity index (χ0) is 17.1. The van der Waals surface area contributed by atoms with E-state index in [1.165, 1.54) is 23.9 Å². The summed E-state index contributed by atoms with van der Waals surface area (Å²) in [5.74, 6) is 1.94. The summed E-state index contributed by atoms with van der Waals surface area (Å²) in [6, 6.07) is 9.59. The van der Waals surface area contributed by atoms with Gasteiger partial charge in [0.25, 0.3) is 5.69 Å². The Hall–Kier alpha value is -2.32. The van der Waals surface area contributed by atoms with Crippen LogP contribution in [0.5, 0.6) is 0 Å². The fourth-order valence-electron chi connectivity index (χ4n) is 2.04. The van der Waals surface area contributed by atoms with E-state index in [4.69, 9.17) is 4.42 Å². The molecule has 1 aromatic heterocycles. The van der Waals surface area contributed by atoms with Crippen molar-refractivity contribution in [3.8, 4) is 11.3 Å². The molecular weight excluding hydrogens is 348 g/mol. The van der Waals surface area contributed by atoms with E-state index in [1.807, 2.05) is 6.92 Å². The molecule has 8 heteroatoms. The summed E-state index contributed by atoms with van der Waals surface area (Å²) in [5.41, 5.74) is 1.11. The van der Waals surface area contributed by atoms with Crippen LogP contribution in [0.25, 0.3) is 17.4 Å². The third-order valence-electron chi connectivity index (χ3n) is 3.14. The molecule has 0 atom stereocenters. The average Bonchev–Trinajstić information content (AvgIpc) is 3.16. The Labute approximate surface area is 146 Å². The second-order valence-corrected chi connectivity index (χ2v) is 7.21. The van der Waals surface area contributed by atoms with Crippen molar-refractivity contribution in [2.75, 3.05) is 5.75 Å². The fraction of sp³-hybridized carbons (Fsp3) is 0.125. The Morgan fingerprint density at radius 3 is 2.71 bits per heavy atom. The molecule has 0 saturated heterocycles. The first kappa shape index (κ1) is 16.5. The quantitative estimate of drug-likeness (QED) is 0.451. The van der Waals surface area contributed by atoms with Crippen LogP contribution in [0.1, 0.15) is 12.7 Å². The average molecular weight is 360 g/mol. The molecule has 0 N–H and O–H groups in total. The molecule has 0 radical (unpaired) electrons. The first-order chi connectivity index (χ1) is 11.6. The second-order valence-electron chi connectivity index (χ2n) is 4.74. The number of nitro benzene ring substituents is 1. The van der Waals surface area contributed by atoms with Crippen molar-refractivity contribution in [2.24, 2.45) is 4.99 Å². The summed E-state index contributed by atoms with van der Waals surface area (Å²) in [5, 5.41) is 10.6. The molecule has 0 unspecified atom stereocenters. The van der Waals surface area contributed by atoms with E-state index in [0.29, 0.717) is 17.2 Å². The van der Waals surface area contributed by atoms with Crippen molar-refractivity contribution >= 4 is 44.8 Å². The van der Waals surface area contributed by atoms with Crippen LogP contribution in [0.2, 0.25) is 0 Å². The standard InChI is InChI=1S/C16H12N2O4S2/c1-2-23-16-17-13(15(19)24-16)9-12-7-8-14(22-12)10-3-5-11(6-4-10)18(20)21/h3-9H,2H2,1H3/b13-9+. The Kier molecular flexibility index (Phi) is 4.86. The van der Waals surface area contributed by atoms with E-state index < -0.39 is 4.92 Å². The number of rotatable bonds is 4. The highest BCUT2D eigenvalue weighted by atomic mass is 32.2. The number of hydrogen-bond donors (Lipinski definition) is 0. The van der Waals surface area contributed by atoms with Crippen LogP contribution in [-0.2, 0) is 4.79 Å². The Balaban J connectivity index is 1.82. The van der Waals surface area contributed by atoms with Crippen molar-refractivity contribution in [1.82, 2.24) is 0 Å². The number of thioether (sulfide) groups is 2. The largest absolute Gasteiger partial charge is 0.457 e. The Bertz CT molecular complexity index is 853. The normalized spacial score (nSPS) is 15.8. The number of furan rings is 1. The number of non-ortho nitro benzene ring substituents is 1. The van der Waals surface area contributed by atoms with E-state index in [2.05, 4.69) is 4.99 Å². The van der Waals surface area contributed by atoms with Gasteiger partial charge in [0, 0.05) is 23.8 Å². The topological polar surface area (TPSA) is 85.7 Å². The van der Waals surface area contributed by atoms with Gasteiger partial charge < -0.3 is 4.42 Å². The molecule has 24 heavy (non-hydrogen) atoms. The molecule has 122 valence electrons. The van der Waals surface area contributed by atoms with Gasteiger partial charge in [0.15, 0.2) is 0 Å². The summed E-state index contributed by atoms with van der Waals surface area (Å²) in [4.78, 5) is 26.4. The highest BCUT2D eigenvalue weighted by Crippen LogP contribution is 2.32. The lowest BCUT2D eigenvalue weighted by Crippen LogP contribution is -1.87. The zero-order valence-electron chi connectivity index (χ0n) is 12.6. The number of carbonyl (C=O) groups excluding carboxylic acids is 1. The number of benzene rings is 1. The molecule has 0 bridgehead atoms. The highest BCUT2D eigenvalue weighted by molar-refractivity contribution is 8.45. The van der Waals surface area contributed by atoms with Crippen LogP contribution >= 0.6 is 23.5 Å². The van der Waals surface area contributed by atoms with Gasteiger partial charge in [-0.15, -0.1) is 0 Å². The minimum atomic E-state index is -0.449. The van der Waals surface area contributed by atoms with E-state index >= 15 is 0 Å². The van der Waals surface area contributed by atoms with Gasteiger partial charge in [0.2, 0.25) is 5.12 Å². The highest BCUT2D eigenvalue weighted by Gasteiger charge is 2.22. The van der Waals surface area contributed by atoms with Gasteiger partial charge in [-0.3, -0.25) is 14.9 Å². The molecule has 1 aliphatic heterocycles. The summed E-state index contributed by atoms with van der Waals surface area (Å²) in [6.45, 7) is 2.00. The minimum absolute atomic E-state index is 0.0246. The zero-order valence-corrected chi connectivity index (χ0v) is 14.2. The van der Waals surface area contributed by atoms with Crippen molar-refractivity contribution in [3.05, 3.63) is 58.0 Å². The second kappa shape index (κ2) is 7.06. The Morgan fingerprint density at radius 2 is 2.04 bits per heavy atom. The maximum absolute atomic E-state index is 11.9. The lowest BCUT2D eigenvalue weighted by atomic mass is 10.1. The van der Waals surface area contributed by atoms with Crippen LogP contribution in [0.4, 0.5) is 5.69 Å². The molecule has 0 spiro atoms. The predicted molar refractivity (Wildman–Crippen MR) is 96.9 cm³/mol. The third kappa shape index (κ3) is 3.60. The van der Waals surface area contributed by atoms with Gasteiger partial charge in [-0.25, -0.2) is 4.99 Å². The summed E-state index contributed by atoms with van der Waals surface area (Å²) >= 11 is 2.65. The monoisotopic (exact) mass is 360 g/mol. The molecule has 2 aromatic rings. The number of hydrogen-bond acceptors (Lipinski definition) is 7. The van der Waals surface area contributed by atoms with Gasteiger partial charge in [-0.2, -0.15) is 0 Å². The minimum Gasteiger partial charge on any atom is -0.457 e. The molecule has 2 heterocycles. The molecular formula is C16H12N2O4S2. The SMILES string of the molecule is CCSC1=N/C(=C/c2ccc(-c3ccc([N+](=O)[O-])cc3)o2)C(=O)S1. The molecule has 3 rings (SSSR count). The van der Waals surface area contributed by atoms with Gasteiger partial charge >= 0.3 is 0 Å². The van der Waals surface area contributed by atoms with Crippen molar-refractivity contribution in [3.63, 3.8) is 0 Å². The van der Waals surface area contributed by atoms with Gasteiger partial charge in [0.05, 0.1) is 4.92 Å².